The van der Waals surface area contributed by atoms with Crippen molar-refractivity contribution in [3.8, 4) is 0 Å². The van der Waals surface area contributed by atoms with E-state index in [9.17, 15) is 19.7 Å². The predicted octanol–water partition coefficient (Wildman–Crippen LogP) is 0.402. The Balaban J connectivity index is 3.25. The van der Waals surface area contributed by atoms with Crippen LogP contribution in [0, 0.1) is 10.1 Å². The second kappa shape index (κ2) is 3.91. The van der Waals surface area contributed by atoms with Gasteiger partial charge in [0.15, 0.2) is 0 Å². The molecule has 0 amide bonds. The van der Waals surface area contributed by atoms with Crippen molar-refractivity contribution in [2.75, 3.05) is 0 Å². The molecule has 80 valence electrons. The lowest BCUT2D eigenvalue weighted by molar-refractivity contribution is -0.386. The highest BCUT2D eigenvalue weighted by molar-refractivity contribution is 5.71. The van der Waals surface area contributed by atoms with Crippen molar-refractivity contribution in [3.63, 3.8) is 0 Å². The van der Waals surface area contributed by atoms with Crippen molar-refractivity contribution in [1.29, 1.82) is 0 Å². The zero-order valence-corrected chi connectivity index (χ0v) is 7.78. The summed E-state index contributed by atoms with van der Waals surface area (Å²) in [7, 11) is 0. The molecule has 15 heavy (non-hydrogen) atoms. The zero-order valence-electron chi connectivity index (χ0n) is 7.78. The van der Waals surface area contributed by atoms with Crippen molar-refractivity contribution in [1.82, 2.24) is 4.57 Å². The Hall–Kier alpha value is -2.18. The number of carbonyl (C=O) groups is 1. The van der Waals surface area contributed by atoms with E-state index in [-0.39, 0.29) is 0 Å². The average Bonchev–Trinajstić information content (AvgIpc) is 2.16. The van der Waals surface area contributed by atoms with E-state index in [0.29, 0.717) is 0 Å². The summed E-state index contributed by atoms with van der Waals surface area (Å²) in [5, 5.41) is 19.1. The molecule has 1 atom stereocenters. The summed E-state index contributed by atoms with van der Waals surface area (Å²) in [6.45, 7) is 1.36. The number of carboxylic acid groups (broad SMARTS) is 1. The molecule has 7 nitrogen and oxygen atoms in total. The zero-order chi connectivity index (χ0) is 11.6. The SMILES string of the molecule is CC(C(=O)O)n1ccc(=O)c([N+](=O)[O-])c1. The number of aromatic nitrogens is 1. The molecule has 1 unspecified atom stereocenters. The molecule has 0 aliphatic carbocycles. The van der Waals surface area contributed by atoms with E-state index >= 15 is 0 Å². The van der Waals surface area contributed by atoms with Gasteiger partial charge in [-0.3, -0.25) is 14.9 Å². The molecule has 7 heteroatoms. The van der Waals surface area contributed by atoms with E-state index in [0.717, 1.165) is 16.8 Å². The van der Waals surface area contributed by atoms with Crippen LogP contribution in [0.25, 0.3) is 0 Å². The Morgan fingerprint density at radius 2 is 2.27 bits per heavy atom. The quantitative estimate of drug-likeness (QED) is 0.577. The Morgan fingerprint density at radius 3 is 2.73 bits per heavy atom. The van der Waals surface area contributed by atoms with Crippen LogP contribution in [-0.2, 0) is 4.79 Å². The van der Waals surface area contributed by atoms with Crippen LogP contribution in [0.5, 0.6) is 0 Å². The lowest BCUT2D eigenvalue weighted by Gasteiger charge is -2.09. The second-order valence-electron chi connectivity index (χ2n) is 2.91. The van der Waals surface area contributed by atoms with Crippen molar-refractivity contribution >= 4 is 11.7 Å². The summed E-state index contributed by atoms with van der Waals surface area (Å²) in [4.78, 5) is 31.2. The molecule has 1 rings (SSSR count). The summed E-state index contributed by atoms with van der Waals surface area (Å²) >= 11 is 0. The van der Waals surface area contributed by atoms with Crippen molar-refractivity contribution in [2.45, 2.75) is 13.0 Å². The summed E-state index contributed by atoms with van der Waals surface area (Å²) in [6.07, 6.45) is 2.12. The highest BCUT2D eigenvalue weighted by Gasteiger charge is 2.17. The van der Waals surface area contributed by atoms with Gasteiger partial charge in [0.2, 0.25) is 0 Å². The smallest absolute Gasteiger partial charge is 0.332 e. The highest BCUT2D eigenvalue weighted by atomic mass is 16.6. The first-order valence-corrected chi connectivity index (χ1v) is 4.02. The third-order valence-electron chi connectivity index (χ3n) is 1.92. The number of hydrogen-bond acceptors (Lipinski definition) is 4. The minimum Gasteiger partial charge on any atom is -0.480 e. The second-order valence-corrected chi connectivity index (χ2v) is 2.91. The first kappa shape index (κ1) is 10.9. The normalized spacial score (nSPS) is 12.1. The molecule has 0 spiro atoms. The standard InChI is InChI=1S/C8H8N2O5/c1-5(8(12)13)9-3-2-7(11)6(4-9)10(14)15/h2-5H,1H3,(H,12,13). The summed E-state index contributed by atoms with van der Waals surface area (Å²) in [6, 6.07) is 0.0155. The summed E-state index contributed by atoms with van der Waals surface area (Å²) < 4.78 is 1.10. The fraction of sp³-hybridized carbons (Fsp3) is 0.250. The average molecular weight is 212 g/mol. The van der Waals surface area contributed by atoms with Crippen LogP contribution in [0.15, 0.2) is 23.3 Å². The number of aliphatic carboxylic acids is 1. The van der Waals surface area contributed by atoms with E-state index < -0.39 is 28.1 Å². The molecule has 0 saturated heterocycles. The van der Waals surface area contributed by atoms with Gasteiger partial charge in [0.05, 0.1) is 11.1 Å². The lowest BCUT2D eigenvalue weighted by Crippen LogP contribution is -2.18. The predicted molar refractivity (Wildman–Crippen MR) is 49.7 cm³/mol. The van der Waals surface area contributed by atoms with E-state index in [1.165, 1.54) is 13.1 Å². The maximum absolute atomic E-state index is 11.0. The van der Waals surface area contributed by atoms with Crippen molar-refractivity contribution < 1.29 is 14.8 Å². The fourth-order valence-electron chi connectivity index (χ4n) is 0.993. The Bertz CT molecular complexity index is 464. The van der Waals surface area contributed by atoms with Gasteiger partial charge in [0, 0.05) is 12.3 Å². The van der Waals surface area contributed by atoms with Gasteiger partial charge in [-0.2, -0.15) is 0 Å². The molecule has 1 N–H and O–H groups in total. The van der Waals surface area contributed by atoms with Crippen LogP contribution in [0.4, 0.5) is 5.69 Å². The minimum absolute atomic E-state index is 0.634. The molecular weight excluding hydrogens is 204 g/mol. The molecule has 0 radical (unpaired) electrons. The monoisotopic (exact) mass is 212 g/mol. The topological polar surface area (TPSA) is 102 Å². The van der Waals surface area contributed by atoms with E-state index in [4.69, 9.17) is 5.11 Å². The van der Waals surface area contributed by atoms with Gasteiger partial charge in [-0.15, -0.1) is 0 Å². The van der Waals surface area contributed by atoms with Crippen LogP contribution in [0.2, 0.25) is 0 Å². The van der Waals surface area contributed by atoms with Gasteiger partial charge >= 0.3 is 11.7 Å². The van der Waals surface area contributed by atoms with Crippen molar-refractivity contribution in [2.24, 2.45) is 0 Å². The van der Waals surface area contributed by atoms with Gasteiger partial charge in [0.1, 0.15) is 6.04 Å². The van der Waals surface area contributed by atoms with E-state index in [1.54, 1.807) is 0 Å². The lowest BCUT2D eigenvalue weighted by atomic mass is 10.3. The van der Waals surface area contributed by atoms with Crippen LogP contribution in [-0.4, -0.2) is 20.6 Å². The molecule has 1 aromatic heterocycles. The number of hydrogen-bond donors (Lipinski definition) is 1. The molecule has 0 aliphatic heterocycles. The number of rotatable bonds is 3. The third-order valence-corrected chi connectivity index (χ3v) is 1.92. The number of pyridine rings is 1. The Labute approximate surface area is 83.7 Å². The molecule has 0 saturated carbocycles. The molecule has 0 aromatic carbocycles. The Kier molecular flexibility index (Phi) is 2.84. The molecule has 0 fully saturated rings. The minimum atomic E-state index is -1.13. The summed E-state index contributed by atoms with van der Waals surface area (Å²) in [5.74, 6) is -1.13. The van der Waals surface area contributed by atoms with E-state index in [2.05, 4.69) is 0 Å². The van der Waals surface area contributed by atoms with Crippen LogP contribution < -0.4 is 5.43 Å². The maximum Gasteiger partial charge on any atom is 0.332 e. The highest BCUT2D eigenvalue weighted by Crippen LogP contribution is 2.09. The third kappa shape index (κ3) is 2.19. The van der Waals surface area contributed by atoms with Crippen molar-refractivity contribution in [3.05, 3.63) is 38.8 Å². The molecule has 1 heterocycles. The van der Waals surface area contributed by atoms with Gasteiger partial charge in [-0.25, -0.2) is 4.79 Å². The van der Waals surface area contributed by atoms with Gasteiger partial charge in [-0.1, -0.05) is 0 Å². The maximum atomic E-state index is 11.0. The van der Waals surface area contributed by atoms with Gasteiger partial charge in [0.25, 0.3) is 5.43 Å². The van der Waals surface area contributed by atoms with Crippen LogP contribution in [0.1, 0.15) is 13.0 Å². The first-order valence-electron chi connectivity index (χ1n) is 4.02. The number of nitrogens with zero attached hydrogens (tertiary/aromatic N) is 2. The number of carboxylic acids is 1. The Morgan fingerprint density at radius 1 is 1.67 bits per heavy atom. The molecule has 1 aromatic rings. The molecule has 0 bridgehead atoms. The first-order chi connectivity index (χ1) is 6.93. The number of nitro groups is 1. The van der Waals surface area contributed by atoms with E-state index in [1.807, 2.05) is 0 Å². The van der Waals surface area contributed by atoms with Crippen LogP contribution in [0.3, 0.4) is 0 Å². The van der Waals surface area contributed by atoms with Gasteiger partial charge in [-0.05, 0) is 6.92 Å². The largest absolute Gasteiger partial charge is 0.480 e. The summed E-state index contributed by atoms with van der Waals surface area (Å²) in [5.41, 5.74) is -1.38. The van der Waals surface area contributed by atoms with Gasteiger partial charge < -0.3 is 9.67 Å². The fourth-order valence-corrected chi connectivity index (χ4v) is 0.993. The van der Waals surface area contributed by atoms with Crippen LogP contribution >= 0.6 is 0 Å². The molecular formula is C8H8N2O5. The molecule has 0 aliphatic rings.